The molecule has 0 aliphatic carbocycles. The zero-order valence-electron chi connectivity index (χ0n) is 11.4. The normalized spacial score (nSPS) is 22.6. The molecule has 0 bridgehead atoms. The van der Waals surface area contributed by atoms with Gasteiger partial charge in [0.15, 0.2) is 0 Å². The lowest BCUT2D eigenvalue weighted by molar-refractivity contribution is 0.275. The highest BCUT2D eigenvalue weighted by Gasteiger charge is 2.38. The largest absolute Gasteiger partial charge is 0.364 e. The average Bonchev–Trinajstić information content (AvgIpc) is 2.38. The van der Waals surface area contributed by atoms with E-state index < -0.39 is 0 Å². The number of piperidine rings is 1. The fourth-order valence-electron chi connectivity index (χ4n) is 3.02. The van der Waals surface area contributed by atoms with Gasteiger partial charge in [-0.15, -0.1) is 0 Å². The average molecular weight is 243 g/mol. The van der Waals surface area contributed by atoms with Crippen LogP contribution in [-0.4, -0.2) is 25.2 Å². The zero-order chi connectivity index (χ0) is 13.2. The van der Waals surface area contributed by atoms with Crippen molar-refractivity contribution in [3.05, 3.63) is 29.8 Å². The smallest absolute Gasteiger partial charge is 0.101 e. The predicted molar refractivity (Wildman–Crippen MR) is 74.7 cm³/mol. The van der Waals surface area contributed by atoms with Crippen molar-refractivity contribution in [3.63, 3.8) is 0 Å². The molecule has 0 spiro atoms. The van der Waals surface area contributed by atoms with E-state index in [2.05, 4.69) is 36.2 Å². The summed E-state index contributed by atoms with van der Waals surface area (Å²) in [4.78, 5) is 2.37. The van der Waals surface area contributed by atoms with Gasteiger partial charge in [0, 0.05) is 18.1 Å². The van der Waals surface area contributed by atoms with Crippen LogP contribution in [0.3, 0.4) is 0 Å². The Hall–Kier alpha value is -1.53. The Balaban J connectivity index is 2.40. The second-order valence-electron chi connectivity index (χ2n) is 5.42. The third-order valence-electron chi connectivity index (χ3n) is 4.09. The molecule has 3 heteroatoms. The first kappa shape index (κ1) is 12.9. The van der Waals surface area contributed by atoms with Crippen LogP contribution in [-0.2, 0) is 0 Å². The molecule has 1 heterocycles. The molecule has 1 fully saturated rings. The summed E-state index contributed by atoms with van der Waals surface area (Å²) in [6, 6.07) is 10.6. The molecule has 1 atom stereocenters. The first-order chi connectivity index (χ1) is 8.61. The van der Waals surface area contributed by atoms with Crippen LogP contribution in [0.15, 0.2) is 24.3 Å². The quantitative estimate of drug-likeness (QED) is 0.867. The first-order valence-electron chi connectivity index (χ1n) is 6.55. The van der Waals surface area contributed by atoms with Crippen LogP contribution in [0.2, 0.25) is 0 Å². The summed E-state index contributed by atoms with van der Waals surface area (Å²) >= 11 is 0. The molecule has 0 aromatic heterocycles. The predicted octanol–water partition coefficient (Wildman–Crippen LogP) is 2.53. The van der Waals surface area contributed by atoms with E-state index in [-0.39, 0.29) is 5.54 Å². The number of nitrogens with one attached hydrogen (secondary N) is 1. The zero-order valence-corrected chi connectivity index (χ0v) is 11.4. The molecule has 1 saturated heterocycles. The second-order valence-corrected chi connectivity index (χ2v) is 5.42. The van der Waals surface area contributed by atoms with E-state index in [9.17, 15) is 5.26 Å². The molecular formula is C15H21N3. The summed E-state index contributed by atoms with van der Waals surface area (Å²) in [5, 5.41) is 12.7. The lowest BCUT2D eigenvalue weighted by atomic mass is 9.84. The van der Waals surface area contributed by atoms with Crippen molar-refractivity contribution in [2.45, 2.75) is 38.3 Å². The van der Waals surface area contributed by atoms with E-state index in [1.165, 1.54) is 6.42 Å². The van der Waals surface area contributed by atoms with Gasteiger partial charge in [-0.25, -0.2) is 0 Å². The highest BCUT2D eigenvalue weighted by molar-refractivity contribution is 5.61. The minimum Gasteiger partial charge on any atom is -0.364 e. The minimum atomic E-state index is 0.0277. The van der Waals surface area contributed by atoms with Gasteiger partial charge in [0.2, 0.25) is 0 Å². The number of anilines is 1. The number of para-hydroxylation sites is 1. The molecule has 96 valence electrons. The number of hydrogen-bond acceptors (Lipinski definition) is 3. The number of nitriles is 1. The van der Waals surface area contributed by atoms with Crippen LogP contribution < -0.4 is 10.2 Å². The molecule has 1 unspecified atom stereocenters. The number of nitrogens with zero attached hydrogens (tertiary/aromatic N) is 2. The SMILES string of the molecule is CNC1CCCN(c2ccccc2C#N)C1(C)C. The van der Waals surface area contributed by atoms with Crippen LogP contribution >= 0.6 is 0 Å². The fraction of sp³-hybridized carbons (Fsp3) is 0.533. The lowest BCUT2D eigenvalue weighted by Crippen LogP contribution is -2.60. The lowest BCUT2D eigenvalue weighted by Gasteiger charge is -2.49. The third kappa shape index (κ3) is 2.09. The van der Waals surface area contributed by atoms with Gasteiger partial charge in [-0.1, -0.05) is 12.1 Å². The molecule has 0 radical (unpaired) electrons. The number of hydrogen-bond donors (Lipinski definition) is 1. The molecule has 18 heavy (non-hydrogen) atoms. The van der Waals surface area contributed by atoms with E-state index >= 15 is 0 Å². The minimum absolute atomic E-state index is 0.0277. The summed E-state index contributed by atoms with van der Waals surface area (Å²) in [6.07, 6.45) is 2.35. The second kappa shape index (κ2) is 4.99. The van der Waals surface area contributed by atoms with Crippen molar-refractivity contribution in [1.29, 1.82) is 5.26 Å². The Morgan fingerprint density at radius 2 is 2.11 bits per heavy atom. The topological polar surface area (TPSA) is 39.1 Å². The van der Waals surface area contributed by atoms with Crippen molar-refractivity contribution in [2.75, 3.05) is 18.5 Å². The van der Waals surface area contributed by atoms with Gasteiger partial charge in [0.25, 0.3) is 0 Å². The first-order valence-corrected chi connectivity index (χ1v) is 6.55. The van der Waals surface area contributed by atoms with Gasteiger partial charge < -0.3 is 10.2 Å². The maximum absolute atomic E-state index is 9.25. The Kier molecular flexibility index (Phi) is 3.58. The van der Waals surface area contributed by atoms with E-state index in [4.69, 9.17) is 0 Å². The summed E-state index contributed by atoms with van der Waals surface area (Å²) < 4.78 is 0. The van der Waals surface area contributed by atoms with Crippen LogP contribution in [0.4, 0.5) is 5.69 Å². The van der Waals surface area contributed by atoms with Gasteiger partial charge in [0.1, 0.15) is 6.07 Å². The van der Waals surface area contributed by atoms with Gasteiger partial charge in [-0.3, -0.25) is 0 Å². The molecule has 3 nitrogen and oxygen atoms in total. The Morgan fingerprint density at radius 1 is 1.39 bits per heavy atom. The van der Waals surface area contributed by atoms with E-state index in [1.54, 1.807) is 0 Å². The van der Waals surface area contributed by atoms with Gasteiger partial charge in [-0.2, -0.15) is 5.26 Å². The van der Waals surface area contributed by atoms with Crippen molar-refractivity contribution >= 4 is 5.69 Å². The third-order valence-corrected chi connectivity index (χ3v) is 4.09. The maximum atomic E-state index is 9.25. The van der Waals surface area contributed by atoms with Crippen LogP contribution in [0, 0.1) is 11.3 Å². The van der Waals surface area contributed by atoms with E-state index in [1.807, 2.05) is 25.2 Å². The highest BCUT2D eigenvalue weighted by atomic mass is 15.2. The number of likely N-dealkylation sites (N-methyl/N-ethyl adjacent to an activating group) is 1. The van der Waals surface area contributed by atoms with Crippen LogP contribution in [0.1, 0.15) is 32.3 Å². The van der Waals surface area contributed by atoms with Crippen LogP contribution in [0.5, 0.6) is 0 Å². The molecule has 2 rings (SSSR count). The van der Waals surface area contributed by atoms with Crippen molar-refractivity contribution < 1.29 is 0 Å². The van der Waals surface area contributed by atoms with Crippen molar-refractivity contribution in [1.82, 2.24) is 5.32 Å². The standard InChI is InChI=1S/C15H21N3/c1-15(2)14(17-3)9-6-10-18(15)13-8-5-4-7-12(13)11-16/h4-5,7-8,14,17H,6,9-10H2,1-3H3. The van der Waals surface area contributed by atoms with Crippen molar-refractivity contribution in [2.24, 2.45) is 0 Å². The Morgan fingerprint density at radius 3 is 2.78 bits per heavy atom. The van der Waals surface area contributed by atoms with Crippen molar-refractivity contribution in [3.8, 4) is 6.07 Å². The van der Waals surface area contributed by atoms with Crippen LogP contribution in [0.25, 0.3) is 0 Å². The molecule has 0 amide bonds. The van der Waals surface area contributed by atoms with E-state index in [0.29, 0.717) is 6.04 Å². The Bertz CT molecular complexity index is 459. The summed E-state index contributed by atoms with van der Waals surface area (Å²) in [5.74, 6) is 0. The monoisotopic (exact) mass is 243 g/mol. The summed E-state index contributed by atoms with van der Waals surface area (Å²) in [6.45, 7) is 5.52. The number of rotatable bonds is 2. The van der Waals surface area contributed by atoms with Gasteiger partial charge in [-0.05, 0) is 45.9 Å². The molecule has 1 aliphatic heterocycles. The number of benzene rings is 1. The highest BCUT2D eigenvalue weighted by Crippen LogP contribution is 2.34. The molecule has 1 aromatic carbocycles. The van der Waals surface area contributed by atoms with Gasteiger partial charge >= 0.3 is 0 Å². The molecule has 0 saturated carbocycles. The summed E-state index contributed by atoms with van der Waals surface area (Å²) in [7, 11) is 2.02. The molecule has 1 aliphatic rings. The fourth-order valence-corrected chi connectivity index (χ4v) is 3.02. The summed E-state index contributed by atoms with van der Waals surface area (Å²) in [5.41, 5.74) is 1.85. The van der Waals surface area contributed by atoms with Gasteiger partial charge in [0.05, 0.1) is 11.3 Å². The molecular weight excluding hydrogens is 222 g/mol. The maximum Gasteiger partial charge on any atom is 0.101 e. The Labute approximate surface area is 109 Å². The molecule has 1 aromatic rings. The van der Waals surface area contributed by atoms with E-state index in [0.717, 1.165) is 24.2 Å². The molecule has 1 N–H and O–H groups in total.